The van der Waals surface area contributed by atoms with Crippen LogP contribution in [-0.4, -0.2) is 5.75 Å². The smallest absolute Gasteiger partial charge is 0.103 e. The summed E-state index contributed by atoms with van der Waals surface area (Å²) in [6.07, 6.45) is 12.1. The minimum atomic E-state index is 0.715. The molecule has 0 saturated heterocycles. The molecule has 0 saturated carbocycles. The van der Waals surface area contributed by atoms with Crippen molar-refractivity contribution in [3.8, 4) is 0 Å². The molecule has 0 radical (unpaired) electrons. The van der Waals surface area contributed by atoms with E-state index < -0.39 is 0 Å². The third-order valence-electron chi connectivity index (χ3n) is 2.14. The highest BCUT2D eigenvalue weighted by Crippen LogP contribution is 2.08. The number of hydrogen-bond acceptors (Lipinski definition) is 1. The zero-order valence-corrected chi connectivity index (χ0v) is 9.28. The van der Waals surface area contributed by atoms with E-state index in [0.717, 1.165) is 18.6 Å². The third kappa shape index (κ3) is 11.8. The Morgan fingerprint density at radius 3 is 2.00 bits per heavy atom. The average Bonchev–Trinajstić information content (AvgIpc) is 2.16. The fourth-order valence-electron chi connectivity index (χ4n) is 1.33. The Kier molecular flexibility index (Phi) is 11.5. The van der Waals surface area contributed by atoms with Crippen LogP contribution in [0, 0.1) is 0 Å². The van der Waals surface area contributed by atoms with E-state index in [1.165, 1.54) is 38.5 Å². The average molecular weight is 201 g/mol. The summed E-state index contributed by atoms with van der Waals surface area (Å²) in [5, 5.41) is 0. The van der Waals surface area contributed by atoms with Crippen LogP contribution in [0.15, 0.2) is 12.7 Å². The summed E-state index contributed by atoms with van der Waals surface area (Å²) in [5.41, 5.74) is 0. The molecule has 0 aromatic heterocycles. The predicted molar refractivity (Wildman–Crippen MR) is 60.1 cm³/mol. The largest absolute Gasteiger partial charge is 0.458 e. The van der Waals surface area contributed by atoms with Gasteiger partial charge in [-0.2, -0.15) is 0 Å². The Morgan fingerprint density at radius 2 is 1.46 bits per heavy atom. The van der Waals surface area contributed by atoms with Crippen LogP contribution < -0.4 is 0 Å². The maximum Gasteiger partial charge on any atom is 0.458 e. The summed E-state index contributed by atoms with van der Waals surface area (Å²) < 4.78 is 10.0. The van der Waals surface area contributed by atoms with Gasteiger partial charge in [0.25, 0.3) is 0 Å². The van der Waals surface area contributed by atoms with Gasteiger partial charge in [-0.3, -0.25) is 0 Å². The third-order valence-corrected chi connectivity index (χ3v) is 2.59. The maximum atomic E-state index is 10.0. The molecule has 0 unspecified atom stereocenters. The Hall–Kier alpha value is -0.240. The number of allylic oxidation sites excluding steroid dienone is 1. The van der Waals surface area contributed by atoms with E-state index in [1.807, 2.05) is 6.08 Å². The monoisotopic (exact) mass is 201 g/mol. The molecule has 0 spiro atoms. The molecule has 0 aromatic rings. The molecule has 0 amide bonds. The molecule has 0 heterocycles. The molecular weight excluding hydrogens is 180 g/mol. The van der Waals surface area contributed by atoms with Crippen molar-refractivity contribution < 1.29 is 4.21 Å². The zero-order chi connectivity index (χ0) is 9.78. The molecule has 76 valence electrons. The van der Waals surface area contributed by atoms with Crippen LogP contribution >= 0.6 is 0 Å². The Morgan fingerprint density at radius 1 is 0.923 bits per heavy atom. The second kappa shape index (κ2) is 11.8. The molecule has 0 bridgehead atoms. The van der Waals surface area contributed by atoms with Crippen molar-refractivity contribution in [3.05, 3.63) is 12.7 Å². The summed E-state index contributed by atoms with van der Waals surface area (Å²) in [7, 11) is 0. The summed E-state index contributed by atoms with van der Waals surface area (Å²) in [6.45, 7) is 3.70. The van der Waals surface area contributed by atoms with Crippen molar-refractivity contribution in [2.45, 2.75) is 51.4 Å². The van der Waals surface area contributed by atoms with Gasteiger partial charge in [-0.05, 0) is 19.3 Å². The van der Waals surface area contributed by atoms with Crippen molar-refractivity contribution in [2.75, 3.05) is 5.75 Å². The van der Waals surface area contributed by atoms with Gasteiger partial charge >= 0.3 is 11.7 Å². The van der Waals surface area contributed by atoms with E-state index in [2.05, 4.69) is 6.58 Å². The molecular formula is C11H21OS+. The molecule has 0 fully saturated rings. The molecule has 0 aliphatic heterocycles. The minimum Gasteiger partial charge on any atom is -0.103 e. The SMILES string of the molecule is C=CCCCCCCCCC[S+]=O. The first kappa shape index (κ1) is 12.8. The zero-order valence-electron chi connectivity index (χ0n) is 8.46. The van der Waals surface area contributed by atoms with Gasteiger partial charge in [0.05, 0.1) is 0 Å². The van der Waals surface area contributed by atoms with Gasteiger partial charge in [0.2, 0.25) is 5.75 Å². The van der Waals surface area contributed by atoms with Crippen LogP contribution in [0.5, 0.6) is 0 Å². The first-order valence-corrected chi connectivity index (χ1v) is 6.18. The molecule has 0 atom stereocenters. The highest BCUT2D eigenvalue weighted by molar-refractivity contribution is 7.65. The topological polar surface area (TPSA) is 17.1 Å². The summed E-state index contributed by atoms with van der Waals surface area (Å²) in [4.78, 5) is 0. The lowest BCUT2D eigenvalue weighted by atomic mass is 10.1. The second-order valence-corrected chi connectivity index (χ2v) is 4.02. The fourth-order valence-corrected chi connectivity index (χ4v) is 1.66. The van der Waals surface area contributed by atoms with E-state index in [1.54, 1.807) is 0 Å². The predicted octanol–water partition coefficient (Wildman–Crippen LogP) is 3.72. The van der Waals surface area contributed by atoms with Crippen molar-refractivity contribution >= 4 is 11.7 Å². The molecule has 0 N–H and O–H groups in total. The van der Waals surface area contributed by atoms with Crippen LogP contribution in [0.3, 0.4) is 0 Å². The molecule has 2 heteroatoms. The van der Waals surface area contributed by atoms with Crippen LogP contribution in [0.1, 0.15) is 51.4 Å². The van der Waals surface area contributed by atoms with Crippen molar-refractivity contribution in [3.63, 3.8) is 0 Å². The van der Waals surface area contributed by atoms with Crippen LogP contribution in [-0.2, 0) is 15.9 Å². The van der Waals surface area contributed by atoms with Crippen LogP contribution in [0.25, 0.3) is 0 Å². The molecule has 0 rings (SSSR count). The van der Waals surface area contributed by atoms with Gasteiger partial charge in [-0.15, -0.1) is 6.58 Å². The van der Waals surface area contributed by atoms with Crippen molar-refractivity contribution in [2.24, 2.45) is 0 Å². The maximum absolute atomic E-state index is 10.0. The van der Waals surface area contributed by atoms with Crippen molar-refractivity contribution in [1.82, 2.24) is 0 Å². The van der Waals surface area contributed by atoms with Gasteiger partial charge in [0.1, 0.15) is 0 Å². The standard InChI is InChI=1S/C11H21OS/c1-2-3-4-5-6-7-8-9-10-11-13-12/h2H,1,3-11H2/q+1. The molecule has 1 nitrogen and oxygen atoms in total. The van der Waals surface area contributed by atoms with Gasteiger partial charge in [-0.1, -0.05) is 31.8 Å². The lowest BCUT2D eigenvalue weighted by molar-refractivity contribution is 0.586. The van der Waals surface area contributed by atoms with Crippen LogP contribution in [0.2, 0.25) is 0 Å². The number of hydrogen-bond donors (Lipinski definition) is 0. The first-order valence-electron chi connectivity index (χ1n) is 5.27. The molecule has 0 aliphatic rings. The van der Waals surface area contributed by atoms with Crippen LogP contribution in [0.4, 0.5) is 0 Å². The van der Waals surface area contributed by atoms with E-state index >= 15 is 0 Å². The second-order valence-electron chi connectivity index (χ2n) is 3.37. The van der Waals surface area contributed by atoms with Gasteiger partial charge in [0, 0.05) is 10.6 Å². The summed E-state index contributed by atoms with van der Waals surface area (Å²) in [5.74, 6) is 0.788. The summed E-state index contributed by atoms with van der Waals surface area (Å²) in [6, 6.07) is 0. The number of unbranched alkanes of at least 4 members (excludes halogenated alkanes) is 7. The number of rotatable bonds is 10. The lowest BCUT2D eigenvalue weighted by Crippen LogP contribution is -1.83. The fraction of sp³-hybridized carbons (Fsp3) is 0.818. The molecule has 0 aliphatic carbocycles. The van der Waals surface area contributed by atoms with E-state index in [0.29, 0.717) is 11.7 Å². The first-order chi connectivity index (χ1) is 6.41. The summed E-state index contributed by atoms with van der Waals surface area (Å²) >= 11 is 0.715. The van der Waals surface area contributed by atoms with Crippen molar-refractivity contribution in [1.29, 1.82) is 0 Å². The highest BCUT2D eigenvalue weighted by atomic mass is 32.1. The molecule has 13 heavy (non-hydrogen) atoms. The quantitative estimate of drug-likeness (QED) is 0.299. The van der Waals surface area contributed by atoms with E-state index in [-0.39, 0.29) is 0 Å². The van der Waals surface area contributed by atoms with Gasteiger partial charge in [-0.25, -0.2) is 0 Å². The molecule has 0 aromatic carbocycles. The highest BCUT2D eigenvalue weighted by Gasteiger charge is 1.96. The normalized spacial score (nSPS) is 9.85. The van der Waals surface area contributed by atoms with E-state index in [4.69, 9.17) is 0 Å². The minimum absolute atomic E-state index is 0.715. The Labute approximate surface area is 86.1 Å². The van der Waals surface area contributed by atoms with E-state index in [9.17, 15) is 4.21 Å². The van der Waals surface area contributed by atoms with Gasteiger partial charge < -0.3 is 0 Å². The Bertz CT molecular complexity index is 109. The lowest BCUT2D eigenvalue weighted by Gasteiger charge is -1.97. The van der Waals surface area contributed by atoms with Gasteiger partial charge in [0.15, 0.2) is 0 Å². The Balaban J connectivity index is 2.83.